The number of hydrogen-bond donors (Lipinski definition) is 1. The van der Waals surface area contributed by atoms with Gasteiger partial charge in [0.15, 0.2) is 0 Å². The average Bonchev–Trinajstić information content (AvgIpc) is 3.13. The van der Waals surface area contributed by atoms with Crippen molar-refractivity contribution < 1.29 is 13.9 Å². The van der Waals surface area contributed by atoms with Crippen LogP contribution in [0.3, 0.4) is 0 Å². The maximum Gasteiger partial charge on any atom is 0.221 e. The number of hydrogen-bond acceptors (Lipinski definition) is 4. The van der Waals surface area contributed by atoms with E-state index in [1.807, 2.05) is 42.1 Å². The minimum absolute atomic E-state index is 0.125. The SMILES string of the molecule is COc1cccc(C(NC(=O)CCSc2ccccc2F)c2nccn2C)c1. The van der Waals surface area contributed by atoms with Crippen molar-refractivity contribution in [1.29, 1.82) is 0 Å². The number of aromatic nitrogens is 2. The van der Waals surface area contributed by atoms with Gasteiger partial charge in [-0.1, -0.05) is 24.3 Å². The third-order valence-electron chi connectivity index (χ3n) is 4.27. The Morgan fingerprint density at radius 1 is 1.29 bits per heavy atom. The minimum Gasteiger partial charge on any atom is -0.497 e. The number of benzene rings is 2. The average molecular weight is 399 g/mol. The zero-order valence-corrected chi connectivity index (χ0v) is 16.6. The number of thioether (sulfide) groups is 1. The van der Waals surface area contributed by atoms with Gasteiger partial charge < -0.3 is 14.6 Å². The second kappa shape index (κ2) is 9.41. The molecule has 7 heteroatoms. The number of aryl methyl sites for hydroxylation is 1. The molecule has 0 fully saturated rings. The van der Waals surface area contributed by atoms with Crippen molar-refractivity contribution in [3.8, 4) is 5.75 Å². The number of amides is 1. The molecule has 1 unspecified atom stereocenters. The van der Waals surface area contributed by atoms with Crippen LogP contribution in [0.15, 0.2) is 65.8 Å². The molecule has 5 nitrogen and oxygen atoms in total. The van der Waals surface area contributed by atoms with Crippen molar-refractivity contribution >= 4 is 17.7 Å². The molecule has 1 atom stereocenters. The molecule has 1 N–H and O–H groups in total. The molecule has 0 aliphatic heterocycles. The summed E-state index contributed by atoms with van der Waals surface area (Å²) in [6, 6.07) is 13.7. The van der Waals surface area contributed by atoms with E-state index < -0.39 is 6.04 Å². The molecule has 0 aliphatic carbocycles. The molecule has 0 saturated carbocycles. The minimum atomic E-state index is -0.402. The van der Waals surface area contributed by atoms with Crippen LogP contribution in [0.5, 0.6) is 5.75 Å². The van der Waals surface area contributed by atoms with E-state index in [1.165, 1.54) is 17.8 Å². The van der Waals surface area contributed by atoms with Gasteiger partial charge in [-0.2, -0.15) is 0 Å². The van der Waals surface area contributed by atoms with Gasteiger partial charge in [-0.25, -0.2) is 9.37 Å². The first-order valence-electron chi connectivity index (χ1n) is 8.86. The third-order valence-corrected chi connectivity index (χ3v) is 5.32. The van der Waals surface area contributed by atoms with Gasteiger partial charge in [0.1, 0.15) is 23.4 Å². The Hall–Kier alpha value is -2.80. The second-order valence-electron chi connectivity index (χ2n) is 6.20. The number of carbonyl (C=O) groups excluding carboxylic acids is 1. The summed E-state index contributed by atoms with van der Waals surface area (Å²) in [5.41, 5.74) is 0.878. The molecule has 0 saturated heterocycles. The van der Waals surface area contributed by atoms with Crippen molar-refractivity contribution in [2.24, 2.45) is 7.05 Å². The first-order valence-corrected chi connectivity index (χ1v) is 9.85. The van der Waals surface area contributed by atoms with Gasteiger partial charge in [0, 0.05) is 36.5 Å². The van der Waals surface area contributed by atoms with Gasteiger partial charge in [-0.3, -0.25) is 4.79 Å². The maximum absolute atomic E-state index is 13.7. The zero-order valence-electron chi connectivity index (χ0n) is 15.8. The number of nitrogens with zero attached hydrogens (tertiary/aromatic N) is 2. The molecule has 0 bridgehead atoms. The molecule has 3 rings (SSSR count). The second-order valence-corrected chi connectivity index (χ2v) is 7.34. The Balaban J connectivity index is 1.70. The van der Waals surface area contributed by atoms with E-state index in [2.05, 4.69) is 10.3 Å². The molecule has 1 amide bonds. The smallest absolute Gasteiger partial charge is 0.221 e. The molecule has 1 aromatic heterocycles. The summed E-state index contributed by atoms with van der Waals surface area (Å²) in [5.74, 6) is 1.53. The summed E-state index contributed by atoms with van der Waals surface area (Å²) in [5, 5.41) is 3.04. The molecule has 0 radical (unpaired) electrons. The predicted molar refractivity (Wildman–Crippen MR) is 108 cm³/mol. The van der Waals surface area contributed by atoms with Gasteiger partial charge in [-0.05, 0) is 29.8 Å². The summed E-state index contributed by atoms with van der Waals surface area (Å²) in [4.78, 5) is 17.5. The van der Waals surface area contributed by atoms with Crippen molar-refractivity contribution in [2.45, 2.75) is 17.4 Å². The molecule has 0 spiro atoms. The fraction of sp³-hybridized carbons (Fsp3) is 0.238. The van der Waals surface area contributed by atoms with Gasteiger partial charge >= 0.3 is 0 Å². The third kappa shape index (κ3) is 4.92. The van der Waals surface area contributed by atoms with Crippen molar-refractivity contribution in [3.05, 3.63) is 78.1 Å². The van der Waals surface area contributed by atoms with Crippen LogP contribution in [0.1, 0.15) is 23.9 Å². The van der Waals surface area contributed by atoms with E-state index in [0.29, 0.717) is 16.4 Å². The number of imidazole rings is 1. The molecule has 146 valence electrons. The van der Waals surface area contributed by atoms with Crippen LogP contribution in [0.25, 0.3) is 0 Å². The van der Waals surface area contributed by atoms with E-state index in [9.17, 15) is 9.18 Å². The van der Waals surface area contributed by atoms with Crippen molar-refractivity contribution in [2.75, 3.05) is 12.9 Å². The van der Waals surface area contributed by atoms with E-state index >= 15 is 0 Å². The molecular formula is C21H22FN3O2S. The summed E-state index contributed by atoms with van der Waals surface area (Å²) in [6.45, 7) is 0. The molecular weight excluding hydrogens is 377 g/mol. The topological polar surface area (TPSA) is 56.1 Å². The molecule has 3 aromatic rings. The highest BCUT2D eigenvalue weighted by Gasteiger charge is 2.21. The zero-order chi connectivity index (χ0) is 19.9. The number of rotatable bonds is 8. The Morgan fingerprint density at radius 2 is 2.11 bits per heavy atom. The van der Waals surface area contributed by atoms with Crippen molar-refractivity contribution in [1.82, 2.24) is 14.9 Å². The highest BCUT2D eigenvalue weighted by atomic mass is 32.2. The lowest BCUT2D eigenvalue weighted by molar-refractivity contribution is -0.121. The Kier molecular flexibility index (Phi) is 6.71. The molecule has 2 aromatic carbocycles. The fourth-order valence-electron chi connectivity index (χ4n) is 2.82. The number of ether oxygens (including phenoxy) is 1. The summed E-state index contributed by atoms with van der Waals surface area (Å²) in [6.07, 6.45) is 3.80. The standard InChI is InChI=1S/C21H22FN3O2S/c1-25-12-11-23-21(25)20(15-6-5-7-16(14-15)27-2)24-19(26)10-13-28-18-9-4-3-8-17(18)22/h3-9,11-12,14,20H,10,13H2,1-2H3,(H,24,26). The predicted octanol–water partition coefficient (Wildman–Crippen LogP) is 3.96. The van der Waals surface area contributed by atoms with Crippen LogP contribution in [0.4, 0.5) is 4.39 Å². The van der Waals surface area contributed by atoms with Crippen LogP contribution < -0.4 is 10.1 Å². The van der Waals surface area contributed by atoms with Gasteiger partial charge in [-0.15, -0.1) is 11.8 Å². The maximum atomic E-state index is 13.7. The van der Waals surface area contributed by atoms with Crippen molar-refractivity contribution in [3.63, 3.8) is 0 Å². The highest BCUT2D eigenvalue weighted by molar-refractivity contribution is 7.99. The largest absolute Gasteiger partial charge is 0.497 e. The number of halogens is 1. The molecule has 1 heterocycles. The lowest BCUT2D eigenvalue weighted by Gasteiger charge is -2.20. The van der Waals surface area contributed by atoms with Crippen LogP contribution >= 0.6 is 11.8 Å². The fourth-order valence-corrected chi connectivity index (χ4v) is 3.71. The van der Waals surface area contributed by atoms with Crippen LogP contribution in [0, 0.1) is 5.82 Å². The van der Waals surface area contributed by atoms with E-state index in [0.717, 1.165) is 11.4 Å². The lowest BCUT2D eigenvalue weighted by Crippen LogP contribution is -2.31. The van der Waals surface area contributed by atoms with E-state index in [1.54, 1.807) is 31.5 Å². The van der Waals surface area contributed by atoms with E-state index in [4.69, 9.17) is 4.74 Å². The Bertz CT molecular complexity index is 945. The summed E-state index contributed by atoms with van der Waals surface area (Å²) in [7, 11) is 3.49. The quantitative estimate of drug-likeness (QED) is 0.583. The van der Waals surface area contributed by atoms with Gasteiger partial charge in [0.2, 0.25) is 5.91 Å². The number of methoxy groups -OCH3 is 1. The van der Waals surface area contributed by atoms with Crippen LogP contribution in [0.2, 0.25) is 0 Å². The Morgan fingerprint density at radius 3 is 2.82 bits per heavy atom. The van der Waals surface area contributed by atoms with Gasteiger partial charge in [0.05, 0.1) is 7.11 Å². The van der Waals surface area contributed by atoms with Crippen LogP contribution in [-0.2, 0) is 11.8 Å². The van der Waals surface area contributed by atoms with E-state index in [-0.39, 0.29) is 18.1 Å². The van der Waals surface area contributed by atoms with Gasteiger partial charge in [0.25, 0.3) is 0 Å². The number of nitrogens with one attached hydrogen (secondary N) is 1. The monoisotopic (exact) mass is 399 g/mol. The summed E-state index contributed by atoms with van der Waals surface area (Å²) >= 11 is 1.33. The normalized spacial score (nSPS) is 11.8. The molecule has 28 heavy (non-hydrogen) atoms. The lowest BCUT2D eigenvalue weighted by atomic mass is 10.1. The van der Waals surface area contributed by atoms with Crippen LogP contribution in [-0.4, -0.2) is 28.3 Å². The summed E-state index contributed by atoms with van der Waals surface area (Å²) < 4.78 is 20.9. The Labute approximate surface area is 167 Å². The molecule has 0 aliphatic rings. The first kappa shape index (κ1) is 19.9. The number of carbonyl (C=O) groups is 1. The highest BCUT2D eigenvalue weighted by Crippen LogP contribution is 2.25. The first-order chi connectivity index (χ1) is 13.6.